The van der Waals surface area contributed by atoms with Crippen LogP contribution < -0.4 is 14.2 Å². The predicted molar refractivity (Wildman–Crippen MR) is 104 cm³/mol. The fourth-order valence-electron chi connectivity index (χ4n) is 3.40. The molecular weight excluding hydrogens is 372 g/mol. The average molecular weight is 388 g/mol. The number of methoxy groups -OCH3 is 3. The van der Waals surface area contributed by atoms with Crippen molar-refractivity contribution in [1.29, 1.82) is 15.8 Å². The second kappa shape index (κ2) is 7.80. The van der Waals surface area contributed by atoms with E-state index in [0.717, 1.165) is 0 Å². The number of rotatable bonds is 4. The van der Waals surface area contributed by atoms with Gasteiger partial charge in [-0.05, 0) is 13.0 Å². The molecule has 0 saturated heterocycles. The number of aliphatic imine (C=N–C) groups is 1. The van der Waals surface area contributed by atoms with Crippen LogP contribution in [0.15, 0.2) is 44.7 Å². The van der Waals surface area contributed by atoms with Gasteiger partial charge >= 0.3 is 0 Å². The van der Waals surface area contributed by atoms with Crippen molar-refractivity contribution in [2.45, 2.75) is 12.8 Å². The molecule has 0 N–H and O–H groups in total. The molecule has 1 aromatic carbocycles. The molecule has 144 valence electrons. The van der Waals surface area contributed by atoms with Crippen molar-refractivity contribution in [3.8, 4) is 35.5 Å². The maximum Gasteiger partial charge on any atom is 0.205 e. The highest BCUT2D eigenvalue weighted by Gasteiger charge is 2.32. The Hall–Kier alpha value is -4.22. The molecule has 0 fully saturated rings. The van der Waals surface area contributed by atoms with Crippen LogP contribution in [0, 0.1) is 34.0 Å². The number of nitrogens with zero attached hydrogens (tertiary/aromatic N) is 4. The monoisotopic (exact) mass is 388 g/mol. The van der Waals surface area contributed by atoms with Gasteiger partial charge in [-0.3, -0.25) is 4.99 Å². The number of nitriles is 3. The van der Waals surface area contributed by atoms with Gasteiger partial charge in [-0.15, -0.1) is 0 Å². The van der Waals surface area contributed by atoms with Crippen molar-refractivity contribution in [3.05, 3.63) is 40.8 Å². The molecule has 0 amide bonds. The number of dihydropyridines is 1. The summed E-state index contributed by atoms with van der Waals surface area (Å²) in [5.41, 5.74) is 1.58. The molecule has 3 rings (SSSR count). The van der Waals surface area contributed by atoms with E-state index in [1.165, 1.54) is 27.6 Å². The molecule has 0 bridgehead atoms. The first kappa shape index (κ1) is 19.5. The van der Waals surface area contributed by atoms with Gasteiger partial charge in [-0.1, -0.05) is 6.08 Å². The Balaban J connectivity index is 2.38. The molecule has 8 nitrogen and oxygen atoms in total. The first-order chi connectivity index (χ1) is 14.1. The highest BCUT2D eigenvalue weighted by atomic mass is 16.5. The average Bonchev–Trinajstić information content (AvgIpc) is 3.22. The molecule has 0 aliphatic carbocycles. The Bertz CT molecular complexity index is 1200. The first-order valence-electron chi connectivity index (χ1n) is 8.47. The fraction of sp³-hybridized carbons (Fsp3) is 0.238. The van der Waals surface area contributed by atoms with Crippen molar-refractivity contribution in [1.82, 2.24) is 0 Å². The molecular formula is C21H16N4O4. The van der Waals surface area contributed by atoms with Crippen LogP contribution in [-0.2, 0) is 0 Å². The van der Waals surface area contributed by atoms with E-state index in [1.54, 1.807) is 31.2 Å². The van der Waals surface area contributed by atoms with Crippen LogP contribution in [0.3, 0.4) is 0 Å². The quantitative estimate of drug-likeness (QED) is 0.730. The number of furan rings is 1. The molecule has 1 aliphatic heterocycles. The van der Waals surface area contributed by atoms with Crippen LogP contribution in [0.5, 0.6) is 17.2 Å². The lowest BCUT2D eigenvalue weighted by Crippen LogP contribution is -2.16. The molecule has 0 spiro atoms. The van der Waals surface area contributed by atoms with E-state index in [0.29, 0.717) is 39.5 Å². The van der Waals surface area contributed by atoms with E-state index in [2.05, 4.69) is 4.99 Å². The SMILES string of the molecule is COc1c(C2C=C(C#N)C(=C(C#N)C#N)N=C2C)c(OC)c2ccoc2c1OC. The zero-order chi connectivity index (χ0) is 21.1. The van der Waals surface area contributed by atoms with Gasteiger partial charge in [0.1, 0.15) is 29.7 Å². The van der Waals surface area contributed by atoms with Gasteiger partial charge in [0.05, 0.1) is 44.1 Å². The van der Waals surface area contributed by atoms with E-state index >= 15 is 0 Å². The minimum absolute atomic E-state index is 0.0561. The minimum atomic E-state index is -0.509. The normalized spacial score (nSPS) is 15.5. The van der Waals surface area contributed by atoms with Crippen molar-refractivity contribution in [2.75, 3.05) is 21.3 Å². The molecule has 8 heteroatoms. The maximum absolute atomic E-state index is 9.60. The third-order valence-electron chi connectivity index (χ3n) is 4.64. The van der Waals surface area contributed by atoms with Gasteiger partial charge < -0.3 is 18.6 Å². The van der Waals surface area contributed by atoms with Gasteiger partial charge in [0.25, 0.3) is 0 Å². The largest absolute Gasteiger partial charge is 0.496 e. The standard InChI is InChI=1S/C21H16N4O4/c1-11-15(7-12(8-22)17(25-11)13(9-23)10-24)16-18(26-2)14-5-6-29-19(14)21(28-4)20(16)27-3/h5-7,15H,1-4H3. The highest BCUT2D eigenvalue weighted by Crippen LogP contribution is 2.50. The highest BCUT2D eigenvalue weighted by molar-refractivity contribution is 6.00. The molecule has 1 atom stereocenters. The molecule has 1 unspecified atom stereocenters. The second-order valence-corrected chi connectivity index (χ2v) is 6.05. The molecule has 2 heterocycles. The summed E-state index contributed by atoms with van der Waals surface area (Å²) in [5.74, 6) is 0.755. The Kier molecular flexibility index (Phi) is 5.25. The number of hydrogen-bond acceptors (Lipinski definition) is 8. The van der Waals surface area contributed by atoms with E-state index in [4.69, 9.17) is 18.6 Å². The van der Waals surface area contributed by atoms with Crippen LogP contribution in [0.2, 0.25) is 0 Å². The van der Waals surface area contributed by atoms with E-state index < -0.39 is 5.92 Å². The van der Waals surface area contributed by atoms with Crippen LogP contribution in [0.25, 0.3) is 11.0 Å². The van der Waals surface area contributed by atoms with Gasteiger partial charge in [0, 0.05) is 11.6 Å². The summed E-state index contributed by atoms with van der Waals surface area (Å²) >= 11 is 0. The zero-order valence-electron chi connectivity index (χ0n) is 16.2. The van der Waals surface area contributed by atoms with E-state index in [1.807, 2.05) is 6.07 Å². The third kappa shape index (κ3) is 2.96. The van der Waals surface area contributed by atoms with Gasteiger partial charge in [0.2, 0.25) is 5.75 Å². The summed E-state index contributed by atoms with van der Waals surface area (Å²) < 4.78 is 22.4. The molecule has 2 aromatic rings. The lowest BCUT2D eigenvalue weighted by atomic mass is 9.86. The molecule has 0 radical (unpaired) electrons. The van der Waals surface area contributed by atoms with Crippen molar-refractivity contribution in [3.63, 3.8) is 0 Å². The maximum atomic E-state index is 9.60. The van der Waals surface area contributed by atoms with E-state index in [-0.39, 0.29) is 16.8 Å². The first-order valence-corrected chi connectivity index (χ1v) is 8.47. The Morgan fingerprint density at radius 3 is 2.24 bits per heavy atom. The topological polar surface area (TPSA) is 125 Å². The zero-order valence-corrected chi connectivity index (χ0v) is 16.2. The van der Waals surface area contributed by atoms with E-state index in [9.17, 15) is 15.8 Å². The van der Waals surface area contributed by atoms with Crippen molar-refractivity contribution >= 4 is 16.7 Å². The minimum Gasteiger partial charge on any atom is -0.496 e. The Labute approximate surface area is 167 Å². The summed E-state index contributed by atoms with van der Waals surface area (Å²) in [4.78, 5) is 4.39. The Morgan fingerprint density at radius 1 is 1.03 bits per heavy atom. The van der Waals surface area contributed by atoms with Crippen LogP contribution in [-0.4, -0.2) is 27.0 Å². The molecule has 0 saturated carbocycles. The summed E-state index contributed by atoms with van der Waals surface area (Å²) in [6.07, 6.45) is 3.16. The fourth-order valence-corrected chi connectivity index (χ4v) is 3.40. The van der Waals surface area contributed by atoms with Crippen LogP contribution in [0.1, 0.15) is 18.4 Å². The summed E-state index contributed by atoms with van der Waals surface area (Å²) in [6, 6.07) is 7.34. The van der Waals surface area contributed by atoms with Crippen molar-refractivity contribution in [2.24, 2.45) is 4.99 Å². The molecule has 29 heavy (non-hydrogen) atoms. The van der Waals surface area contributed by atoms with Crippen LogP contribution >= 0.6 is 0 Å². The van der Waals surface area contributed by atoms with Crippen LogP contribution in [0.4, 0.5) is 0 Å². The number of hydrogen-bond donors (Lipinski definition) is 0. The number of allylic oxidation sites excluding steroid dienone is 3. The smallest absolute Gasteiger partial charge is 0.205 e. The number of fused-ring (bicyclic) bond motifs is 1. The second-order valence-electron chi connectivity index (χ2n) is 6.05. The summed E-state index contributed by atoms with van der Waals surface area (Å²) in [7, 11) is 4.52. The van der Waals surface area contributed by atoms with Gasteiger partial charge in [0.15, 0.2) is 16.9 Å². The number of ether oxygens (including phenoxy) is 3. The molecule has 1 aromatic heterocycles. The lowest BCUT2D eigenvalue weighted by Gasteiger charge is -2.25. The van der Waals surface area contributed by atoms with Gasteiger partial charge in [-0.25, -0.2) is 0 Å². The number of benzene rings is 1. The Morgan fingerprint density at radius 2 is 1.69 bits per heavy atom. The summed E-state index contributed by atoms with van der Waals surface area (Å²) in [5, 5.41) is 28.6. The van der Waals surface area contributed by atoms with Crippen molar-refractivity contribution < 1.29 is 18.6 Å². The molecule has 1 aliphatic rings. The summed E-state index contributed by atoms with van der Waals surface area (Å²) in [6.45, 7) is 1.74. The third-order valence-corrected chi connectivity index (χ3v) is 4.64. The van der Waals surface area contributed by atoms with Gasteiger partial charge in [-0.2, -0.15) is 15.8 Å². The lowest BCUT2D eigenvalue weighted by molar-refractivity contribution is 0.344. The predicted octanol–water partition coefficient (Wildman–Crippen LogP) is 3.77.